The molecule has 1 aromatic rings. The Kier molecular flexibility index (Phi) is 6.27. The Bertz CT molecular complexity index is 455. The van der Waals surface area contributed by atoms with Gasteiger partial charge in [0.25, 0.3) is 5.91 Å². The second kappa shape index (κ2) is 7.48. The number of nitrogens with zero attached hydrogens (tertiary/aromatic N) is 1. The molecule has 0 aliphatic heterocycles. The van der Waals surface area contributed by atoms with E-state index in [-0.39, 0.29) is 11.3 Å². The third kappa shape index (κ3) is 5.78. The molecule has 0 radical (unpaired) electrons. The van der Waals surface area contributed by atoms with E-state index in [0.29, 0.717) is 22.9 Å². The van der Waals surface area contributed by atoms with Crippen molar-refractivity contribution < 1.29 is 4.79 Å². The summed E-state index contributed by atoms with van der Waals surface area (Å²) in [5.74, 6) is 0.526. The maximum atomic E-state index is 12.1. The third-order valence-corrected chi connectivity index (χ3v) is 3.12. The first-order valence-electron chi connectivity index (χ1n) is 7.01. The van der Waals surface area contributed by atoms with Crippen molar-refractivity contribution in [2.24, 2.45) is 5.41 Å². The molecule has 0 atom stereocenters. The van der Waals surface area contributed by atoms with E-state index in [0.717, 1.165) is 19.4 Å². The maximum absolute atomic E-state index is 12.1. The van der Waals surface area contributed by atoms with Crippen molar-refractivity contribution in [2.75, 3.05) is 18.4 Å². The SMILES string of the molecule is CCCNc1cc(C(=O)NCCC(C)(C)C)c(Cl)cn1. The molecule has 0 bridgehead atoms. The fourth-order valence-corrected chi connectivity index (χ4v) is 1.80. The van der Waals surface area contributed by atoms with Crippen LogP contribution >= 0.6 is 11.6 Å². The van der Waals surface area contributed by atoms with Crippen LogP contribution in [0, 0.1) is 5.41 Å². The van der Waals surface area contributed by atoms with E-state index >= 15 is 0 Å². The molecule has 0 aromatic carbocycles. The van der Waals surface area contributed by atoms with Crippen LogP contribution in [0.25, 0.3) is 0 Å². The molecule has 0 fully saturated rings. The van der Waals surface area contributed by atoms with Gasteiger partial charge in [0.15, 0.2) is 0 Å². The topological polar surface area (TPSA) is 54.0 Å². The molecule has 0 saturated heterocycles. The summed E-state index contributed by atoms with van der Waals surface area (Å²) in [4.78, 5) is 16.3. The van der Waals surface area contributed by atoms with Gasteiger partial charge < -0.3 is 10.6 Å². The quantitative estimate of drug-likeness (QED) is 0.841. The van der Waals surface area contributed by atoms with Crippen molar-refractivity contribution in [1.29, 1.82) is 0 Å². The Morgan fingerprint density at radius 1 is 1.35 bits per heavy atom. The molecule has 4 nitrogen and oxygen atoms in total. The minimum atomic E-state index is -0.152. The lowest BCUT2D eigenvalue weighted by Crippen LogP contribution is -2.27. The normalized spacial score (nSPS) is 11.2. The molecule has 1 aromatic heterocycles. The number of halogens is 1. The van der Waals surface area contributed by atoms with Gasteiger partial charge in [0.2, 0.25) is 0 Å². The number of amides is 1. The first-order valence-corrected chi connectivity index (χ1v) is 7.39. The Morgan fingerprint density at radius 2 is 2.05 bits per heavy atom. The molecular weight excluding hydrogens is 274 g/mol. The zero-order valence-electron chi connectivity index (χ0n) is 12.7. The number of nitrogens with one attached hydrogen (secondary N) is 2. The monoisotopic (exact) mass is 297 g/mol. The predicted octanol–water partition coefficient (Wildman–Crippen LogP) is 3.72. The van der Waals surface area contributed by atoms with Crippen LogP contribution in [0.4, 0.5) is 5.82 Å². The van der Waals surface area contributed by atoms with Crippen molar-refractivity contribution >= 4 is 23.3 Å². The van der Waals surface area contributed by atoms with E-state index in [1.54, 1.807) is 6.07 Å². The maximum Gasteiger partial charge on any atom is 0.252 e. The van der Waals surface area contributed by atoms with Crippen LogP contribution in [0.3, 0.4) is 0 Å². The van der Waals surface area contributed by atoms with Crippen LogP contribution in [-0.2, 0) is 0 Å². The summed E-state index contributed by atoms with van der Waals surface area (Å²) in [5.41, 5.74) is 0.664. The van der Waals surface area contributed by atoms with Gasteiger partial charge in [-0.2, -0.15) is 0 Å². The lowest BCUT2D eigenvalue weighted by Gasteiger charge is -2.18. The van der Waals surface area contributed by atoms with Crippen molar-refractivity contribution in [3.8, 4) is 0 Å². The van der Waals surface area contributed by atoms with Crippen molar-refractivity contribution in [2.45, 2.75) is 40.5 Å². The Hall–Kier alpha value is -1.29. The summed E-state index contributed by atoms with van der Waals surface area (Å²) < 4.78 is 0. The summed E-state index contributed by atoms with van der Waals surface area (Å²) >= 11 is 6.04. The summed E-state index contributed by atoms with van der Waals surface area (Å²) in [6.07, 6.45) is 3.43. The van der Waals surface area contributed by atoms with Crippen molar-refractivity contribution in [3.05, 3.63) is 22.8 Å². The number of carbonyl (C=O) groups excluding carboxylic acids is 1. The zero-order chi connectivity index (χ0) is 15.2. The van der Waals surface area contributed by atoms with Crippen molar-refractivity contribution in [1.82, 2.24) is 10.3 Å². The molecule has 1 amide bonds. The van der Waals surface area contributed by atoms with Crippen LogP contribution < -0.4 is 10.6 Å². The highest BCUT2D eigenvalue weighted by atomic mass is 35.5. The summed E-state index contributed by atoms with van der Waals surface area (Å²) in [6, 6.07) is 1.70. The second-order valence-electron chi connectivity index (χ2n) is 6.04. The number of anilines is 1. The van der Waals surface area contributed by atoms with E-state index in [1.165, 1.54) is 6.20 Å². The second-order valence-corrected chi connectivity index (χ2v) is 6.45. The molecule has 0 spiro atoms. The number of aromatic nitrogens is 1. The first-order chi connectivity index (χ1) is 9.33. The van der Waals surface area contributed by atoms with E-state index < -0.39 is 0 Å². The molecule has 0 saturated carbocycles. The van der Waals surface area contributed by atoms with E-state index in [4.69, 9.17) is 11.6 Å². The predicted molar refractivity (Wildman–Crippen MR) is 84.4 cm³/mol. The van der Waals surface area contributed by atoms with Crippen LogP contribution in [0.15, 0.2) is 12.3 Å². The first kappa shape index (κ1) is 16.8. The Labute approximate surface area is 126 Å². The minimum Gasteiger partial charge on any atom is -0.370 e. The van der Waals surface area contributed by atoms with Gasteiger partial charge in [-0.15, -0.1) is 0 Å². The van der Waals surface area contributed by atoms with Gasteiger partial charge in [-0.1, -0.05) is 39.3 Å². The largest absolute Gasteiger partial charge is 0.370 e. The molecule has 0 unspecified atom stereocenters. The van der Waals surface area contributed by atoms with Gasteiger partial charge >= 0.3 is 0 Å². The van der Waals surface area contributed by atoms with Crippen LogP contribution in [0.5, 0.6) is 0 Å². The molecule has 1 rings (SSSR count). The standard InChI is InChI=1S/C15H24ClN3O/c1-5-7-17-13-9-11(12(16)10-19-13)14(20)18-8-6-15(2,3)4/h9-10H,5-8H2,1-4H3,(H,17,19)(H,18,20). The molecule has 2 N–H and O–H groups in total. The zero-order valence-corrected chi connectivity index (χ0v) is 13.5. The van der Waals surface area contributed by atoms with Gasteiger partial charge in [0, 0.05) is 19.3 Å². The average Bonchev–Trinajstić information content (AvgIpc) is 2.36. The smallest absolute Gasteiger partial charge is 0.252 e. The van der Waals surface area contributed by atoms with Crippen LogP contribution in [0.2, 0.25) is 5.02 Å². The van der Waals surface area contributed by atoms with E-state index in [2.05, 4.69) is 43.3 Å². The third-order valence-electron chi connectivity index (χ3n) is 2.82. The highest BCUT2D eigenvalue weighted by Gasteiger charge is 2.14. The fourth-order valence-electron chi connectivity index (χ4n) is 1.61. The molecule has 0 aliphatic rings. The number of rotatable bonds is 6. The molecule has 20 heavy (non-hydrogen) atoms. The molecule has 0 aliphatic carbocycles. The fraction of sp³-hybridized carbons (Fsp3) is 0.600. The van der Waals surface area contributed by atoms with Gasteiger partial charge in [-0.3, -0.25) is 4.79 Å². The Morgan fingerprint density at radius 3 is 2.65 bits per heavy atom. The summed E-state index contributed by atoms with van der Waals surface area (Å²) in [5, 5.41) is 6.42. The number of pyridine rings is 1. The van der Waals surface area contributed by atoms with E-state index in [1.807, 2.05) is 0 Å². The number of carbonyl (C=O) groups is 1. The number of hydrogen-bond acceptors (Lipinski definition) is 3. The lowest BCUT2D eigenvalue weighted by atomic mass is 9.92. The molecular formula is C15H24ClN3O. The summed E-state index contributed by atoms with van der Waals surface area (Å²) in [7, 11) is 0. The lowest BCUT2D eigenvalue weighted by molar-refractivity contribution is 0.0949. The van der Waals surface area contributed by atoms with Crippen molar-refractivity contribution in [3.63, 3.8) is 0 Å². The molecule has 5 heteroatoms. The minimum absolute atomic E-state index is 0.152. The van der Waals surface area contributed by atoms with Gasteiger partial charge in [-0.05, 0) is 24.3 Å². The average molecular weight is 298 g/mol. The van der Waals surface area contributed by atoms with Gasteiger partial charge in [0.1, 0.15) is 5.82 Å². The molecule has 112 valence electrons. The number of hydrogen-bond donors (Lipinski definition) is 2. The summed E-state index contributed by atoms with van der Waals surface area (Å²) in [6.45, 7) is 9.96. The Balaban J connectivity index is 2.66. The molecule has 1 heterocycles. The van der Waals surface area contributed by atoms with E-state index in [9.17, 15) is 4.79 Å². The van der Waals surface area contributed by atoms with Crippen LogP contribution in [0.1, 0.15) is 50.9 Å². The highest BCUT2D eigenvalue weighted by Crippen LogP contribution is 2.19. The van der Waals surface area contributed by atoms with Gasteiger partial charge in [0.05, 0.1) is 10.6 Å². The van der Waals surface area contributed by atoms with Crippen LogP contribution in [-0.4, -0.2) is 24.0 Å². The van der Waals surface area contributed by atoms with Gasteiger partial charge in [-0.25, -0.2) is 4.98 Å². The highest BCUT2D eigenvalue weighted by molar-refractivity contribution is 6.33.